The van der Waals surface area contributed by atoms with Gasteiger partial charge in [-0.1, -0.05) is 0 Å². The maximum Gasteiger partial charge on any atom is 0.456 e. The minimum absolute atomic E-state index is 0.198. The van der Waals surface area contributed by atoms with Crippen molar-refractivity contribution in [2.45, 2.75) is 39.1 Å². The number of alkyl halides is 1. The van der Waals surface area contributed by atoms with E-state index < -0.39 is 36.7 Å². The van der Waals surface area contributed by atoms with Gasteiger partial charge in [0.05, 0.1) is 24.6 Å². The number of ketones is 1. The molecule has 0 heterocycles. The van der Waals surface area contributed by atoms with Gasteiger partial charge in [-0.05, 0) is 20.8 Å². The number of nitrogens with zero attached hydrogens (tertiary/aromatic N) is 1. The van der Waals surface area contributed by atoms with Crippen molar-refractivity contribution in [1.29, 1.82) is 0 Å². The van der Waals surface area contributed by atoms with Gasteiger partial charge < -0.3 is 13.8 Å². The summed E-state index contributed by atoms with van der Waals surface area (Å²) in [4.78, 5) is 20.3. The number of hydrogen-bond acceptors (Lipinski definition) is 6. The lowest BCUT2D eigenvalue weighted by atomic mass is 10.2. The van der Waals surface area contributed by atoms with E-state index >= 15 is 0 Å². The summed E-state index contributed by atoms with van der Waals surface area (Å²) in [5, 5.41) is 10.8. The maximum atomic E-state index is 14.3. The van der Waals surface area contributed by atoms with Crippen molar-refractivity contribution < 1.29 is 27.7 Å². The summed E-state index contributed by atoms with van der Waals surface area (Å²) < 4.78 is 35.7. The predicted octanol–water partition coefficient (Wildman–Crippen LogP) is 2.52. The minimum Gasteiger partial charge on any atom is -0.302 e. The standard InChI is InChI=1S/C9H17FNO6P/c1-4-16-18(15,17-5-2)9(10,11(13)14)7-6-8(3)12/h4-7H2,1-3H3/t9-/m1/s1. The van der Waals surface area contributed by atoms with Crippen LogP contribution >= 0.6 is 7.60 Å². The normalized spacial score (nSPS) is 15.1. The zero-order valence-corrected chi connectivity index (χ0v) is 11.4. The van der Waals surface area contributed by atoms with Gasteiger partial charge >= 0.3 is 13.1 Å². The fourth-order valence-electron chi connectivity index (χ4n) is 1.24. The molecule has 0 fully saturated rings. The molecular weight excluding hydrogens is 268 g/mol. The van der Waals surface area contributed by atoms with E-state index in [4.69, 9.17) is 0 Å². The Hall–Kier alpha value is -0.850. The monoisotopic (exact) mass is 285 g/mol. The van der Waals surface area contributed by atoms with E-state index in [1.165, 1.54) is 13.8 Å². The van der Waals surface area contributed by atoms with E-state index in [1.54, 1.807) is 0 Å². The number of Topliss-reactive ketones (excluding diaryl/α,β-unsaturated/α-hetero) is 1. The molecule has 0 aliphatic carbocycles. The molecule has 1 atom stereocenters. The summed E-state index contributed by atoms with van der Waals surface area (Å²) in [6.45, 7) is 3.59. The number of carbonyl (C=O) groups excluding carboxylic acids is 1. The van der Waals surface area contributed by atoms with E-state index in [1.807, 2.05) is 0 Å². The lowest BCUT2D eigenvalue weighted by Gasteiger charge is -2.24. The van der Waals surface area contributed by atoms with Crippen LogP contribution in [0.4, 0.5) is 4.39 Å². The van der Waals surface area contributed by atoms with Crippen molar-refractivity contribution in [3.8, 4) is 0 Å². The maximum absolute atomic E-state index is 14.3. The molecule has 0 unspecified atom stereocenters. The fraction of sp³-hybridized carbons (Fsp3) is 0.889. The first-order chi connectivity index (χ1) is 8.23. The molecular formula is C9H17FNO6P. The molecule has 0 N–H and O–H groups in total. The molecule has 0 aliphatic rings. The Bertz CT molecular complexity index is 353. The fourth-order valence-corrected chi connectivity index (χ4v) is 2.97. The average molecular weight is 285 g/mol. The first-order valence-electron chi connectivity index (χ1n) is 5.45. The Kier molecular flexibility index (Phi) is 6.59. The van der Waals surface area contributed by atoms with Crippen LogP contribution in [-0.4, -0.2) is 29.5 Å². The Morgan fingerprint density at radius 1 is 1.39 bits per heavy atom. The van der Waals surface area contributed by atoms with Crippen LogP contribution in [0.1, 0.15) is 33.6 Å². The summed E-state index contributed by atoms with van der Waals surface area (Å²) >= 11 is 0. The van der Waals surface area contributed by atoms with Gasteiger partial charge in [0.25, 0.3) is 0 Å². The Morgan fingerprint density at radius 3 is 2.11 bits per heavy atom. The van der Waals surface area contributed by atoms with Crippen LogP contribution in [0.15, 0.2) is 0 Å². The SMILES string of the molecule is CCOP(=O)(OCC)[C@@](F)(CCC(C)=O)[N+](=O)[O-]. The van der Waals surface area contributed by atoms with E-state index in [2.05, 4.69) is 9.05 Å². The predicted molar refractivity (Wildman–Crippen MR) is 61.6 cm³/mol. The molecule has 0 spiro atoms. The van der Waals surface area contributed by atoms with Crippen LogP contribution in [0.2, 0.25) is 0 Å². The third-order valence-electron chi connectivity index (χ3n) is 2.09. The highest BCUT2D eigenvalue weighted by Crippen LogP contribution is 2.62. The van der Waals surface area contributed by atoms with Crippen LogP contribution < -0.4 is 0 Å². The number of halogens is 1. The summed E-state index contributed by atoms with van der Waals surface area (Å²) in [6, 6.07) is 0. The first kappa shape index (κ1) is 17.2. The van der Waals surface area contributed by atoms with Gasteiger partial charge in [0.15, 0.2) is 0 Å². The molecule has 18 heavy (non-hydrogen) atoms. The highest BCUT2D eigenvalue weighted by Gasteiger charge is 2.63. The van der Waals surface area contributed by atoms with Crippen molar-refractivity contribution in [2.75, 3.05) is 13.2 Å². The highest BCUT2D eigenvalue weighted by atomic mass is 31.2. The lowest BCUT2D eigenvalue weighted by molar-refractivity contribution is -0.579. The Morgan fingerprint density at radius 2 is 1.83 bits per heavy atom. The number of nitro groups is 1. The molecule has 0 rings (SSSR count). The van der Waals surface area contributed by atoms with E-state index in [9.17, 15) is 23.9 Å². The minimum atomic E-state index is -4.57. The molecule has 0 aromatic rings. The van der Waals surface area contributed by atoms with Gasteiger partial charge in [-0.3, -0.25) is 10.1 Å². The third-order valence-corrected chi connectivity index (χ3v) is 4.52. The van der Waals surface area contributed by atoms with Gasteiger partial charge in [0, 0.05) is 6.42 Å². The summed E-state index contributed by atoms with van der Waals surface area (Å²) in [5.41, 5.74) is -3.40. The number of hydrogen-bond donors (Lipinski definition) is 0. The summed E-state index contributed by atoms with van der Waals surface area (Å²) in [5.74, 6) is -0.446. The average Bonchev–Trinajstić information content (AvgIpc) is 2.25. The number of carbonyl (C=O) groups is 1. The second-order valence-corrected chi connectivity index (χ2v) is 5.71. The molecule has 106 valence electrons. The van der Waals surface area contributed by atoms with Gasteiger partial charge in [-0.15, -0.1) is 0 Å². The Balaban J connectivity index is 5.31. The smallest absolute Gasteiger partial charge is 0.302 e. The summed E-state index contributed by atoms with van der Waals surface area (Å²) in [6.07, 6.45) is -1.26. The van der Waals surface area contributed by atoms with Crippen molar-refractivity contribution in [3.05, 3.63) is 10.1 Å². The third kappa shape index (κ3) is 3.83. The van der Waals surface area contributed by atoms with Crippen LogP contribution in [0.3, 0.4) is 0 Å². The second kappa shape index (κ2) is 6.92. The summed E-state index contributed by atoms with van der Waals surface area (Å²) in [7, 11) is -4.57. The number of rotatable bonds is 9. The zero-order valence-electron chi connectivity index (χ0n) is 10.6. The topological polar surface area (TPSA) is 95.7 Å². The Labute approximate surface area is 104 Å². The molecule has 0 saturated heterocycles. The first-order valence-corrected chi connectivity index (χ1v) is 6.99. The van der Waals surface area contributed by atoms with Crippen LogP contribution in [0.25, 0.3) is 0 Å². The quantitative estimate of drug-likeness (QED) is 0.279. The molecule has 0 radical (unpaired) electrons. The van der Waals surface area contributed by atoms with Crippen molar-refractivity contribution >= 4 is 13.4 Å². The van der Waals surface area contributed by atoms with Gasteiger partial charge in [0.2, 0.25) is 0 Å². The van der Waals surface area contributed by atoms with Gasteiger partial charge in [-0.2, -0.15) is 4.39 Å². The van der Waals surface area contributed by atoms with Gasteiger partial charge in [-0.25, -0.2) is 4.57 Å². The van der Waals surface area contributed by atoms with Crippen LogP contribution in [-0.2, 0) is 18.4 Å². The molecule has 9 heteroatoms. The molecule has 0 aromatic heterocycles. The van der Waals surface area contributed by atoms with E-state index in [0.717, 1.165) is 6.92 Å². The van der Waals surface area contributed by atoms with E-state index in [-0.39, 0.29) is 13.2 Å². The molecule has 7 nitrogen and oxygen atoms in total. The van der Waals surface area contributed by atoms with Crippen molar-refractivity contribution in [2.24, 2.45) is 0 Å². The zero-order chi connectivity index (χ0) is 14.4. The van der Waals surface area contributed by atoms with Crippen molar-refractivity contribution in [3.63, 3.8) is 0 Å². The van der Waals surface area contributed by atoms with E-state index in [0.29, 0.717) is 0 Å². The molecule has 0 amide bonds. The molecule has 0 aromatic carbocycles. The van der Waals surface area contributed by atoms with Crippen molar-refractivity contribution in [1.82, 2.24) is 0 Å². The largest absolute Gasteiger partial charge is 0.456 e. The molecule has 0 saturated carbocycles. The molecule has 0 bridgehead atoms. The van der Waals surface area contributed by atoms with Crippen LogP contribution in [0, 0.1) is 10.1 Å². The molecule has 0 aliphatic heterocycles. The highest BCUT2D eigenvalue weighted by molar-refractivity contribution is 7.55. The van der Waals surface area contributed by atoms with Crippen LogP contribution in [0.5, 0.6) is 0 Å². The second-order valence-electron chi connectivity index (χ2n) is 3.51. The lowest BCUT2D eigenvalue weighted by Crippen LogP contribution is -2.35. The van der Waals surface area contributed by atoms with Gasteiger partial charge in [0.1, 0.15) is 5.78 Å².